The zero-order chi connectivity index (χ0) is 19.0. The third kappa shape index (κ3) is 8.03. The van der Waals surface area contributed by atoms with Gasteiger partial charge in [0.25, 0.3) is 5.91 Å². The number of benzene rings is 1. The van der Waals surface area contributed by atoms with Crippen LogP contribution >= 0.6 is 0 Å². The number of hydrogen-bond acceptors (Lipinski definition) is 5. The summed E-state index contributed by atoms with van der Waals surface area (Å²) in [7, 11) is 3.84. The Morgan fingerprint density at radius 3 is 2.36 bits per heavy atom. The molecule has 0 aliphatic carbocycles. The predicted molar refractivity (Wildman–Crippen MR) is 97.9 cm³/mol. The molecule has 140 valence electrons. The summed E-state index contributed by atoms with van der Waals surface area (Å²) in [5.41, 5.74) is -0.0874. The normalized spacial score (nSPS) is 11.3. The lowest BCUT2D eigenvalue weighted by Crippen LogP contribution is -2.42. The van der Waals surface area contributed by atoms with Gasteiger partial charge in [-0.3, -0.25) is 9.59 Å². The molecule has 0 aromatic heterocycles. The first kappa shape index (κ1) is 21.0. The highest BCUT2D eigenvalue weighted by Crippen LogP contribution is 2.16. The molecule has 0 unspecified atom stereocenters. The Hall–Kier alpha value is -2.08. The number of amides is 1. The van der Waals surface area contributed by atoms with Crippen molar-refractivity contribution in [2.24, 2.45) is 0 Å². The molecular formula is C19H30N2O4. The summed E-state index contributed by atoms with van der Waals surface area (Å²) in [6, 6.07) is 7.00. The van der Waals surface area contributed by atoms with Crippen molar-refractivity contribution >= 4 is 11.9 Å². The van der Waals surface area contributed by atoms with Gasteiger partial charge in [0.15, 0.2) is 0 Å². The standard InChI is InChI=1S/C19H30N2O4/c1-7-24-16-10-8-9-15(13-16)18(23)21(12-11-20(5)6)14-17(22)25-19(2,3)4/h8-10,13H,7,11-12,14H2,1-6H3. The van der Waals surface area contributed by atoms with Crippen molar-refractivity contribution in [2.75, 3.05) is 40.3 Å². The number of likely N-dealkylation sites (N-methyl/N-ethyl adjacent to an activating group) is 1. The Kier molecular flexibility index (Phi) is 7.90. The Morgan fingerprint density at radius 2 is 1.80 bits per heavy atom. The third-order valence-corrected chi connectivity index (χ3v) is 3.24. The lowest BCUT2D eigenvalue weighted by molar-refractivity contribution is -0.155. The minimum absolute atomic E-state index is 0.0805. The Labute approximate surface area is 150 Å². The Bertz CT molecular complexity index is 579. The van der Waals surface area contributed by atoms with Gasteiger partial charge in [-0.25, -0.2) is 0 Å². The molecule has 25 heavy (non-hydrogen) atoms. The van der Waals surface area contributed by atoms with E-state index in [2.05, 4.69) is 0 Å². The molecule has 0 heterocycles. The van der Waals surface area contributed by atoms with Crippen LogP contribution < -0.4 is 4.74 Å². The van der Waals surface area contributed by atoms with Gasteiger partial charge in [-0.2, -0.15) is 0 Å². The summed E-state index contributed by atoms with van der Waals surface area (Å²) < 4.78 is 10.8. The molecule has 0 N–H and O–H groups in total. The first-order valence-electron chi connectivity index (χ1n) is 8.51. The number of carbonyl (C=O) groups is 2. The van der Waals surface area contributed by atoms with Gasteiger partial charge in [0.2, 0.25) is 0 Å². The molecule has 6 heteroatoms. The van der Waals surface area contributed by atoms with Gasteiger partial charge >= 0.3 is 5.97 Å². The van der Waals surface area contributed by atoms with E-state index in [-0.39, 0.29) is 12.5 Å². The maximum absolute atomic E-state index is 12.9. The molecule has 0 radical (unpaired) electrons. The molecule has 0 aliphatic heterocycles. The number of carbonyl (C=O) groups excluding carboxylic acids is 2. The lowest BCUT2D eigenvalue weighted by atomic mass is 10.1. The molecule has 0 bridgehead atoms. The summed E-state index contributed by atoms with van der Waals surface area (Å²) in [5, 5.41) is 0. The molecular weight excluding hydrogens is 320 g/mol. The topological polar surface area (TPSA) is 59.1 Å². The molecule has 0 aliphatic rings. The van der Waals surface area contributed by atoms with Crippen LogP contribution in [0.3, 0.4) is 0 Å². The molecule has 0 atom stereocenters. The first-order valence-corrected chi connectivity index (χ1v) is 8.51. The van der Waals surface area contributed by atoms with E-state index >= 15 is 0 Å². The SMILES string of the molecule is CCOc1cccc(C(=O)N(CCN(C)C)CC(=O)OC(C)(C)C)c1. The van der Waals surface area contributed by atoms with Crippen molar-refractivity contribution in [3.63, 3.8) is 0 Å². The highest BCUT2D eigenvalue weighted by Gasteiger charge is 2.23. The molecule has 1 rings (SSSR count). The van der Waals surface area contributed by atoms with E-state index in [1.807, 2.05) is 46.7 Å². The van der Waals surface area contributed by atoms with Crippen molar-refractivity contribution in [3.8, 4) is 5.75 Å². The van der Waals surface area contributed by atoms with E-state index in [4.69, 9.17) is 9.47 Å². The van der Waals surface area contributed by atoms with Crippen LogP contribution in [0.5, 0.6) is 5.75 Å². The maximum Gasteiger partial charge on any atom is 0.326 e. The fraction of sp³-hybridized carbons (Fsp3) is 0.579. The lowest BCUT2D eigenvalue weighted by Gasteiger charge is -2.26. The van der Waals surface area contributed by atoms with Gasteiger partial charge in [0.1, 0.15) is 17.9 Å². The van der Waals surface area contributed by atoms with E-state index < -0.39 is 11.6 Å². The zero-order valence-corrected chi connectivity index (χ0v) is 16.2. The summed E-state index contributed by atoms with van der Waals surface area (Å²) >= 11 is 0. The van der Waals surface area contributed by atoms with Crippen LogP contribution in [0.1, 0.15) is 38.1 Å². The van der Waals surface area contributed by atoms with Crippen molar-refractivity contribution in [1.82, 2.24) is 9.80 Å². The molecule has 1 aromatic carbocycles. The molecule has 0 saturated heterocycles. The second kappa shape index (κ2) is 9.42. The number of esters is 1. The number of nitrogens with zero attached hydrogens (tertiary/aromatic N) is 2. The van der Waals surface area contributed by atoms with Crippen LogP contribution in [0.15, 0.2) is 24.3 Å². The minimum Gasteiger partial charge on any atom is -0.494 e. The van der Waals surface area contributed by atoms with Crippen molar-refractivity contribution < 1.29 is 19.1 Å². The van der Waals surface area contributed by atoms with Crippen LogP contribution in [0.25, 0.3) is 0 Å². The van der Waals surface area contributed by atoms with Crippen molar-refractivity contribution in [1.29, 1.82) is 0 Å². The summed E-state index contributed by atoms with van der Waals surface area (Å²) in [6.07, 6.45) is 0. The molecule has 0 fully saturated rings. The fourth-order valence-corrected chi connectivity index (χ4v) is 2.17. The predicted octanol–water partition coefficient (Wildman–Crippen LogP) is 2.43. The highest BCUT2D eigenvalue weighted by molar-refractivity contribution is 5.96. The van der Waals surface area contributed by atoms with E-state index in [0.29, 0.717) is 31.0 Å². The summed E-state index contributed by atoms with van der Waals surface area (Å²) in [4.78, 5) is 28.5. The largest absolute Gasteiger partial charge is 0.494 e. The van der Waals surface area contributed by atoms with Gasteiger partial charge in [-0.1, -0.05) is 6.07 Å². The van der Waals surface area contributed by atoms with Gasteiger partial charge in [0.05, 0.1) is 6.61 Å². The van der Waals surface area contributed by atoms with Gasteiger partial charge in [-0.05, 0) is 60.0 Å². The zero-order valence-electron chi connectivity index (χ0n) is 16.2. The first-order chi connectivity index (χ1) is 11.6. The maximum atomic E-state index is 12.9. The Morgan fingerprint density at radius 1 is 1.12 bits per heavy atom. The van der Waals surface area contributed by atoms with Gasteiger partial charge in [0, 0.05) is 18.7 Å². The van der Waals surface area contributed by atoms with E-state index in [1.54, 1.807) is 24.3 Å². The van der Waals surface area contributed by atoms with E-state index in [0.717, 1.165) is 0 Å². The van der Waals surface area contributed by atoms with Crippen molar-refractivity contribution in [2.45, 2.75) is 33.3 Å². The molecule has 1 aromatic rings. The van der Waals surface area contributed by atoms with E-state index in [9.17, 15) is 9.59 Å². The second-order valence-corrected chi connectivity index (χ2v) is 7.08. The monoisotopic (exact) mass is 350 g/mol. The summed E-state index contributed by atoms with van der Waals surface area (Å²) in [6.45, 7) is 8.85. The number of hydrogen-bond donors (Lipinski definition) is 0. The number of ether oxygens (including phenoxy) is 2. The molecule has 0 spiro atoms. The van der Waals surface area contributed by atoms with Crippen LogP contribution in [0.4, 0.5) is 0 Å². The average molecular weight is 350 g/mol. The van der Waals surface area contributed by atoms with Crippen molar-refractivity contribution in [3.05, 3.63) is 29.8 Å². The smallest absolute Gasteiger partial charge is 0.326 e. The number of rotatable bonds is 8. The minimum atomic E-state index is -0.581. The van der Waals surface area contributed by atoms with Crippen LogP contribution in [0.2, 0.25) is 0 Å². The highest BCUT2D eigenvalue weighted by atomic mass is 16.6. The van der Waals surface area contributed by atoms with Crippen LogP contribution in [0, 0.1) is 0 Å². The fourth-order valence-electron chi connectivity index (χ4n) is 2.17. The second-order valence-electron chi connectivity index (χ2n) is 7.08. The third-order valence-electron chi connectivity index (χ3n) is 3.24. The quantitative estimate of drug-likeness (QED) is 0.674. The average Bonchev–Trinajstić information content (AvgIpc) is 2.49. The van der Waals surface area contributed by atoms with Gasteiger partial charge in [-0.15, -0.1) is 0 Å². The summed E-state index contributed by atoms with van der Waals surface area (Å²) in [5.74, 6) is 0.00742. The Balaban J connectivity index is 2.91. The molecule has 1 amide bonds. The molecule has 0 saturated carbocycles. The van der Waals surface area contributed by atoms with E-state index in [1.165, 1.54) is 4.90 Å². The van der Waals surface area contributed by atoms with Crippen LogP contribution in [-0.4, -0.2) is 67.6 Å². The molecule has 6 nitrogen and oxygen atoms in total. The van der Waals surface area contributed by atoms with Crippen LogP contribution in [-0.2, 0) is 9.53 Å². The van der Waals surface area contributed by atoms with Gasteiger partial charge < -0.3 is 19.3 Å².